The summed E-state index contributed by atoms with van der Waals surface area (Å²) in [5.41, 5.74) is 7.04. The van der Waals surface area contributed by atoms with E-state index in [-0.39, 0.29) is 18.2 Å². The van der Waals surface area contributed by atoms with Gasteiger partial charge in [0.25, 0.3) is 0 Å². The maximum absolute atomic E-state index is 14.6. The second-order valence-electron chi connectivity index (χ2n) is 9.22. The lowest BCUT2D eigenvalue weighted by Gasteiger charge is -2.51. The fourth-order valence-electron chi connectivity index (χ4n) is 5.79. The number of nitrogens with one attached hydrogen (secondary N) is 1. The van der Waals surface area contributed by atoms with Crippen LogP contribution in [0.5, 0.6) is 0 Å². The van der Waals surface area contributed by atoms with E-state index < -0.39 is 35.6 Å². The Morgan fingerprint density at radius 2 is 1.86 bits per heavy atom. The first-order valence-corrected chi connectivity index (χ1v) is 12.1. The van der Waals surface area contributed by atoms with Crippen LogP contribution in [0.4, 0.5) is 10.1 Å². The number of hydrogen-bond donors (Lipinski definition) is 2. The van der Waals surface area contributed by atoms with Gasteiger partial charge >= 0.3 is 0 Å². The molecule has 184 valence electrons. The molecule has 0 aliphatic carbocycles. The summed E-state index contributed by atoms with van der Waals surface area (Å²) in [5, 5.41) is 3.75. The molecule has 9 heteroatoms. The number of nitrogens with zero attached hydrogens (tertiary/aromatic N) is 1. The van der Waals surface area contributed by atoms with Crippen molar-refractivity contribution in [3.8, 4) is 0 Å². The van der Waals surface area contributed by atoms with Crippen LogP contribution >= 0.6 is 23.2 Å². The van der Waals surface area contributed by atoms with Crippen LogP contribution in [0.2, 0.25) is 10.0 Å². The maximum atomic E-state index is 14.6. The molecule has 1 saturated heterocycles. The lowest BCUT2D eigenvalue weighted by molar-refractivity contribution is -0.148. The fourth-order valence-corrected chi connectivity index (χ4v) is 6.16. The van der Waals surface area contributed by atoms with Crippen molar-refractivity contribution in [3.63, 3.8) is 0 Å². The van der Waals surface area contributed by atoms with Crippen molar-refractivity contribution in [1.82, 2.24) is 4.90 Å². The summed E-state index contributed by atoms with van der Waals surface area (Å²) in [6, 6.07) is 15.2. The average molecular weight is 526 g/mol. The monoisotopic (exact) mass is 525 g/mol. The Labute approximate surface area is 217 Å². The van der Waals surface area contributed by atoms with E-state index in [1.54, 1.807) is 48.5 Å². The third kappa shape index (κ3) is 3.74. The number of hydrogen-bond acceptors (Lipinski definition) is 3. The average Bonchev–Trinajstić information content (AvgIpc) is 3.08. The number of likely N-dealkylation sites (tertiary alicyclic amines) is 1. The summed E-state index contributed by atoms with van der Waals surface area (Å²) >= 11 is 12.6. The van der Waals surface area contributed by atoms with Crippen molar-refractivity contribution in [2.24, 2.45) is 5.73 Å². The van der Waals surface area contributed by atoms with Gasteiger partial charge in [0.2, 0.25) is 17.7 Å². The van der Waals surface area contributed by atoms with Crippen LogP contribution < -0.4 is 11.1 Å². The van der Waals surface area contributed by atoms with Crippen molar-refractivity contribution in [2.45, 2.75) is 30.7 Å². The number of piperidine rings is 1. The lowest BCUT2D eigenvalue weighted by Crippen LogP contribution is -2.59. The second kappa shape index (κ2) is 8.91. The third-order valence-corrected chi connectivity index (χ3v) is 7.62. The summed E-state index contributed by atoms with van der Waals surface area (Å²) < 4.78 is 14.6. The Morgan fingerprint density at radius 1 is 1.11 bits per heavy atom. The number of carbonyl (C=O) groups is 3. The number of anilines is 1. The first-order chi connectivity index (χ1) is 17.1. The molecular weight excluding hydrogens is 504 g/mol. The van der Waals surface area contributed by atoms with E-state index >= 15 is 0 Å². The standard InChI is InChI=1S/C27H22Cl2FN3O3/c1-14-5-7-18(30)11-19(14)21-12-24(35)33(13-23(31)34)25(15-3-2-4-16(28)9-15)27(21)20-8-6-17(29)10-22(20)32-26(27)36/h2-11,21,25H,12-13H2,1H3,(H2,31,34)(H,32,36). The molecule has 36 heavy (non-hydrogen) atoms. The maximum Gasteiger partial charge on any atom is 0.238 e. The Hall–Kier alpha value is -3.42. The van der Waals surface area contributed by atoms with E-state index in [0.717, 1.165) is 5.56 Å². The molecule has 5 rings (SSSR count). The van der Waals surface area contributed by atoms with Crippen molar-refractivity contribution < 1.29 is 18.8 Å². The lowest BCUT2D eigenvalue weighted by atomic mass is 9.58. The number of rotatable bonds is 4. The number of aryl methyl sites for hydroxylation is 1. The third-order valence-electron chi connectivity index (χ3n) is 7.15. The van der Waals surface area contributed by atoms with Crippen LogP contribution in [-0.4, -0.2) is 29.2 Å². The van der Waals surface area contributed by atoms with Crippen LogP contribution in [-0.2, 0) is 19.8 Å². The number of halogens is 3. The van der Waals surface area contributed by atoms with Crippen molar-refractivity contribution in [2.75, 3.05) is 11.9 Å². The molecule has 3 N–H and O–H groups in total. The van der Waals surface area contributed by atoms with Gasteiger partial charge in [0.1, 0.15) is 11.2 Å². The van der Waals surface area contributed by atoms with Crippen molar-refractivity contribution >= 4 is 46.6 Å². The SMILES string of the molecule is Cc1ccc(F)cc1C1CC(=O)N(CC(N)=O)C(c2cccc(Cl)c2)C12C(=O)Nc1cc(Cl)ccc12. The number of amides is 3. The van der Waals surface area contributed by atoms with E-state index in [4.69, 9.17) is 28.9 Å². The van der Waals surface area contributed by atoms with Gasteiger partial charge in [-0.15, -0.1) is 0 Å². The van der Waals surface area contributed by atoms with Crippen LogP contribution in [0.25, 0.3) is 0 Å². The molecule has 3 atom stereocenters. The molecule has 0 bridgehead atoms. The Balaban J connectivity index is 1.88. The van der Waals surface area contributed by atoms with Gasteiger partial charge in [-0.1, -0.05) is 47.5 Å². The number of nitrogens with two attached hydrogens (primary N) is 1. The molecule has 3 amide bonds. The highest BCUT2D eigenvalue weighted by Gasteiger charge is 2.63. The number of primary amides is 1. The minimum absolute atomic E-state index is 0.135. The van der Waals surface area contributed by atoms with Crippen LogP contribution in [0.1, 0.15) is 40.6 Å². The molecular formula is C27H22Cl2FN3O3. The molecule has 3 aromatic rings. The first kappa shape index (κ1) is 24.3. The largest absolute Gasteiger partial charge is 0.368 e. The molecule has 1 fully saturated rings. The van der Waals surface area contributed by atoms with Gasteiger partial charge in [0, 0.05) is 28.1 Å². The summed E-state index contributed by atoms with van der Waals surface area (Å²) in [6.07, 6.45) is -0.135. The highest BCUT2D eigenvalue weighted by atomic mass is 35.5. The Kier molecular flexibility index (Phi) is 6.01. The summed E-state index contributed by atoms with van der Waals surface area (Å²) in [6.45, 7) is 1.41. The highest BCUT2D eigenvalue weighted by molar-refractivity contribution is 6.31. The van der Waals surface area contributed by atoms with E-state index in [1.807, 2.05) is 6.92 Å². The molecule has 2 aliphatic rings. The quantitative estimate of drug-likeness (QED) is 0.508. The molecule has 6 nitrogen and oxygen atoms in total. The number of fused-ring (bicyclic) bond motifs is 2. The second-order valence-corrected chi connectivity index (χ2v) is 10.1. The first-order valence-electron chi connectivity index (χ1n) is 11.3. The van der Waals surface area contributed by atoms with E-state index in [1.165, 1.54) is 17.0 Å². The fraction of sp³-hybridized carbons (Fsp3) is 0.222. The molecule has 0 saturated carbocycles. The summed E-state index contributed by atoms with van der Waals surface area (Å²) in [4.78, 5) is 41.3. The molecule has 1 spiro atoms. The minimum atomic E-state index is -1.42. The normalized spacial score (nSPS) is 23.1. The van der Waals surface area contributed by atoms with E-state index in [0.29, 0.717) is 32.4 Å². The van der Waals surface area contributed by atoms with E-state index in [9.17, 15) is 18.8 Å². The molecule has 3 unspecified atom stereocenters. The zero-order valence-electron chi connectivity index (χ0n) is 19.2. The summed E-state index contributed by atoms with van der Waals surface area (Å²) in [5.74, 6) is -2.72. The molecule has 2 heterocycles. The molecule has 0 radical (unpaired) electrons. The van der Waals surface area contributed by atoms with Crippen molar-refractivity contribution in [3.05, 3.63) is 98.8 Å². The predicted molar refractivity (Wildman–Crippen MR) is 135 cm³/mol. The Morgan fingerprint density at radius 3 is 2.58 bits per heavy atom. The van der Waals surface area contributed by atoms with Gasteiger partial charge in [-0.05, 0) is 65.6 Å². The van der Waals surface area contributed by atoms with Gasteiger partial charge in [0.15, 0.2) is 0 Å². The molecule has 0 aromatic heterocycles. The highest BCUT2D eigenvalue weighted by Crippen LogP contribution is 2.60. The molecule has 2 aliphatic heterocycles. The van der Waals surface area contributed by atoms with Crippen LogP contribution in [0, 0.1) is 12.7 Å². The number of carbonyl (C=O) groups excluding carboxylic acids is 3. The topological polar surface area (TPSA) is 92.5 Å². The number of benzene rings is 3. The van der Waals surface area contributed by atoms with Gasteiger partial charge in [-0.2, -0.15) is 0 Å². The zero-order chi connectivity index (χ0) is 25.8. The van der Waals surface area contributed by atoms with E-state index in [2.05, 4.69) is 5.32 Å². The van der Waals surface area contributed by atoms with Crippen LogP contribution in [0.15, 0.2) is 60.7 Å². The Bertz CT molecular complexity index is 1430. The zero-order valence-corrected chi connectivity index (χ0v) is 20.7. The molecule has 3 aromatic carbocycles. The van der Waals surface area contributed by atoms with Gasteiger partial charge in [-0.3, -0.25) is 14.4 Å². The summed E-state index contributed by atoms with van der Waals surface area (Å²) in [7, 11) is 0. The van der Waals surface area contributed by atoms with Gasteiger partial charge in [0.05, 0.1) is 12.6 Å². The minimum Gasteiger partial charge on any atom is -0.368 e. The van der Waals surface area contributed by atoms with Gasteiger partial charge in [-0.25, -0.2) is 4.39 Å². The smallest absolute Gasteiger partial charge is 0.238 e. The van der Waals surface area contributed by atoms with Gasteiger partial charge < -0.3 is 16.0 Å². The predicted octanol–water partition coefficient (Wildman–Crippen LogP) is 4.87. The van der Waals surface area contributed by atoms with Crippen molar-refractivity contribution in [1.29, 1.82) is 0 Å². The van der Waals surface area contributed by atoms with Crippen LogP contribution in [0.3, 0.4) is 0 Å².